The van der Waals surface area contributed by atoms with E-state index in [4.69, 9.17) is 14.2 Å². The molecule has 2 aliphatic rings. The lowest BCUT2D eigenvalue weighted by Crippen LogP contribution is -2.51. The topological polar surface area (TPSA) is 56.8 Å². The average molecular weight is 410 g/mol. The van der Waals surface area contributed by atoms with Gasteiger partial charge in [0.05, 0.1) is 25.2 Å². The van der Waals surface area contributed by atoms with Crippen LogP contribution in [0.4, 0.5) is 0 Å². The minimum Gasteiger partial charge on any atom is -0.497 e. The molecular formula is C25H31NO4. The minimum atomic E-state index is -0.422. The van der Waals surface area contributed by atoms with E-state index in [9.17, 15) is 4.79 Å². The SMILES string of the molecule is COc1ccc(-c2cccc(CC3(C(=O)N[C@@H]4CCCOC4)CCOCC3)c2)cc1. The fraction of sp³-hybridized carbons (Fsp3) is 0.480. The van der Waals surface area contributed by atoms with Gasteiger partial charge in [-0.3, -0.25) is 4.79 Å². The first-order valence-corrected chi connectivity index (χ1v) is 10.9. The number of ether oxygens (including phenoxy) is 3. The molecule has 2 heterocycles. The first-order chi connectivity index (χ1) is 14.7. The van der Waals surface area contributed by atoms with E-state index in [0.29, 0.717) is 19.8 Å². The summed E-state index contributed by atoms with van der Waals surface area (Å²) in [5.41, 5.74) is 3.05. The van der Waals surface area contributed by atoms with Crippen LogP contribution in [0.15, 0.2) is 48.5 Å². The number of nitrogens with one attached hydrogen (secondary N) is 1. The van der Waals surface area contributed by atoms with E-state index >= 15 is 0 Å². The van der Waals surface area contributed by atoms with Crippen LogP contribution < -0.4 is 10.1 Å². The van der Waals surface area contributed by atoms with Gasteiger partial charge >= 0.3 is 0 Å². The Hall–Kier alpha value is -2.37. The van der Waals surface area contributed by atoms with E-state index in [2.05, 4.69) is 41.7 Å². The molecule has 1 N–H and O–H groups in total. The van der Waals surface area contributed by atoms with Gasteiger partial charge in [0.25, 0.3) is 0 Å². The van der Waals surface area contributed by atoms with E-state index < -0.39 is 5.41 Å². The first-order valence-electron chi connectivity index (χ1n) is 10.9. The molecule has 2 saturated heterocycles. The maximum atomic E-state index is 13.4. The van der Waals surface area contributed by atoms with Gasteiger partial charge < -0.3 is 19.5 Å². The Labute approximate surface area is 178 Å². The molecule has 0 unspecified atom stereocenters. The fourth-order valence-corrected chi connectivity index (χ4v) is 4.47. The molecule has 30 heavy (non-hydrogen) atoms. The summed E-state index contributed by atoms with van der Waals surface area (Å²) in [5, 5.41) is 3.28. The predicted octanol–water partition coefficient (Wildman–Crippen LogP) is 4.00. The maximum Gasteiger partial charge on any atom is 0.227 e. The Morgan fingerprint density at radius 2 is 1.87 bits per heavy atom. The third-order valence-corrected chi connectivity index (χ3v) is 6.32. The molecule has 0 bridgehead atoms. The van der Waals surface area contributed by atoms with Crippen molar-refractivity contribution < 1.29 is 19.0 Å². The number of carbonyl (C=O) groups is 1. The zero-order chi connectivity index (χ0) is 20.8. The lowest BCUT2D eigenvalue weighted by atomic mass is 9.74. The Bertz CT molecular complexity index is 836. The number of methoxy groups -OCH3 is 1. The Kier molecular flexibility index (Phi) is 6.70. The molecule has 0 radical (unpaired) electrons. The van der Waals surface area contributed by atoms with Crippen molar-refractivity contribution in [3.8, 4) is 16.9 Å². The molecule has 0 spiro atoms. The van der Waals surface area contributed by atoms with Crippen LogP contribution in [-0.2, 0) is 20.7 Å². The third kappa shape index (κ3) is 4.85. The summed E-state index contributed by atoms with van der Waals surface area (Å²) in [6, 6.07) is 16.7. The summed E-state index contributed by atoms with van der Waals surface area (Å²) in [6.07, 6.45) is 4.22. The van der Waals surface area contributed by atoms with Crippen molar-refractivity contribution in [3.05, 3.63) is 54.1 Å². The molecular weight excluding hydrogens is 378 g/mol. The zero-order valence-corrected chi connectivity index (χ0v) is 17.7. The standard InChI is InChI=1S/C25H31NO4/c1-28-23-9-7-20(8-10-23)21-5-2-4-19(16-21)17-25(11-14-29-15-12-25)24(27)26-22-6-3-13-30-18-22/h2,4-5,7-10,16,22H,3,6,11-15,17-18H2,1H3,(H,26,27)/t22-/m1/s1. The van der Waals surface area contributed by atoms with E-state index in [1.54, 1.807) is 7.11 Å². The van der Waals surface area contributed by atoms with Crippen molar-refractivity contribution >= 4 is 5.91 Å². The maximum absolute atomic E-state index is 13.4. The Morgan fingerprint density at radius 1 is 1.07 bits per heavy atom. The highest BCUT2D eigenvalue weighted by molar-refractivity contribution is 5.83. The molecule has 2 aromatic rings. The van der Waals surface area contributed by atoms with Crippen molar-refractivity contribution in [2.75, 3.05) is 33.5 Å². The molecule has 1 atom stereocenters. The number of amides is 1. The van der Waals surface area contributed by atoms with Crippen LogP contribution in [0.3, 0.4) is 0 Å². The molecule has 2 fully saturated rings. The largest absolute Gasteiger partial charge is 0.497 e. The summed E-state index contributed by atoms with van der Waals surface area (Å²) < 4.78 is 16.4. The van der Waals surface area contributed by atoms with Crippen molar-refractivity contribution in [2.45, 2.75) is 38.1 Å². The fourth-order valence-electron chi connectivity index (χ4n) is 4.47. The van der Waals surface area contributed by atoms with Gasteiger partial charge in [0.2, 0.25) is 5.91 Å². The van der Waals surface area contributed by atoms with Gasteiger partial charge in [0.1, 0.15) is 5.75 Å². The van der Waals surface area contributed by atoms with E-state index in [0.717, 1.165) is 55.6 Å². The second kappa shape index (κ2) is 9.63. The van der Waals surface area contributed by atoms with E-state index in [1.165, 1.54) is 5.56 Å². The van der Waals surface area contributed by atoms with Crippen molar-refractivity contribution in [1.82, 2.24) is 5.32 Å². The zero-order valence-electron chi connectivity index (χ0n) is 17.7. The predicted molar refractivity (Wildman–Crippen MR) is 117 cm³/mol. The molecule has 0 aliphatic carbocycles. The molecule has 2 aliphatic heterocycles. The lowest BCUT2D eigenvalue weighted by Gasteiger charge is -2.37. The van der Waals surface area contributed by atoms with Crippen molar-refractivity contribution in [1.29, 1.82) is 0 Å². The lowest BCUT2D eigenvalue weighted by molar-refractivity contribution is -0.138. The summed E-state index contributed by atoms with van der Waals surface area (Å²) >= 11 is 0. The highest BCUT2D eigenvalue weighted by Crippen LogP contribution is 2.36. The van der Waals surface area contributed by atoms with Gasteiger partial charge in [-0.25, -0.2) is 0 Å². The molecule has 1 amide bonds. The van der Waals surface area contributed by atoms with Crippen LogP contribution in [0.2, 0.25) is 0 Å². The van der Waals surface area contributed by atoms with Crippen molar-refractivity contribution in [3.63, 3.8) is 0 Å². The molecule has 2 aromatic carbocycles. The van der Waals surface area contributed by atoms with Gasteiger partial charge in [-0.2, -0.15) is 0 Å². The molecule has 4 rings (SSSR count). The van der Waals surface area contributed by atoms with Crippen LogP contribution >= 0.6 is 0 Å². The van der Waals surface area contributed by atoms with Crippen LogP contribution in [-0.4, -0.2) is 45.5 Å². The van der Waals surface area contributed by atoms with E-state index in [-0.39, 0.29) is 11.9 Å². The summed E-state index contributed by atoms with van der Waals surface area (Å²) in [7, 11) is 1.67. The quantitative estimate of drug-likeness (QED) is 0.784. The van der Waals surface area contributed by atoms with Crippen LogP contribution in [0.5, 0.6) is 5.75 Å². The molecule has 0 aromatic heterocycles. The number of benzene rings is 2. The molecule has 5 heteroatoms. The Morgan fingerprint density at radius 3 is 2.57 bits per heavy atom. The van der Waals surface area contributed by atoms with Crippen LogP contribution in [0.1, 0.15) is 31.2 Å². The van der Waals surface area contributed by atoms with Gasteiger partial charge in [-0.1, -0.05) is 36.4 Å². The van der Waals surface area contributed by atoms with E-state index in [1.807, 2.05) is 12.1 Å². The summed E-state index contributed by atoms with van der Waals surface area (Å²) in [5.74, 6) is 0.996. The number of hydrogen-bond donors (Lipinski definition) is 1. The summed E-state index contributed by atoms with van der Waals surface area (Å²) in [6.45, 7) is 2.67. The third-order valence-electron chi connectivity index (χ3n) is 6.32. The monoisotopic (exact) mass is 409 g/mol. The van der Waals surface area contributed by atoms with Gasteiger partial charge in [-0.15, -0.1) is 0 Å². The van der Waals surface area contributed by atoms with Gasteiger partial charge in [-0.05, 0) is 60.9 Å². The molecule has 0 saturated carbocycles. The summed E-state index contributed by atoms with van der Waals surface area (Å²) in [4.78, 5) is 13.4. The van der Waals surface area contributed by atoms with Gasteiger partial charge in [0.15, 0.2) is 0 Å². The average Bonchev–Trinajstić information content (AvgIpc) is 2.80. The van der Waals surface area contributed by atoms with Gasteiger partial charge in [0, 0.05) is 19.8 Å². The molecule has 5 nitrogen and oxygen atoms in total. The minimum absolute atomic E-state index is 0.122. The van der Waals surface area contributed by atoms with Crippen LogP contribution in [0.25, 0.3) is 11.1 Å². The second-order valence-electron chi connectivity index (χ2n) is 8.39. The van der Waals surface area contributed by atoms with Crippen LogP contribution in [0, 0.1) is 5.41 Å². The normalized spacial score (nSPS) is 21.0. The number of rotatable bonds is 6. The Balaban J connectivity index is 1.53. The first kappa shape index (κ1) is 20.9. The molecule has 160 valence electrons. The highest BCUT2D eigenvalue weighted by Gasteiger charge is 2.41. The number of carbonyl (C=O) groups excluding carboxylic acids is 1. The van der Waals surface area contributed by atoms with Crippen molar-refractivity contribution in [2.24, 2.45) is 5.41 Å². The highest BCUT2D eigenvalue weighted by atomic mass is 16.5. The second-order valence-corrected chi connectivity index (χ2v) is 8.39. The number of hydrogen-bond acceptors (Lipinski definition) is 4. The smallest absolute Gasteiger partial charge is 0.227 e.